The maximum absolute atomic E-state index is 12.0. The summed E-state index contributed by atoms with van der Waals surface area (Å²) in [5.41, 5.74) is -1.63. The summed E-state index contributed by atoms with van der Waals surface area (Å²) < 4.78 is 71.7. The van der Waals surface area contributed by atoms with Crippen LogP contribution in [0.15, 0.2) is 11.1 Å². The summed E-state index contributed by atoms with van der Waals surface area (Å²) in [5, 5.41) is 0. The zero-order valence-corrected chi connectivity index (χ0v) is 6.55. The Morgan fingerprint density at radius 3 is 1.69 bits per heavy atom. The van der Waals surface area contributed by atoms with Gasteiger partial charge in [0.05, 0.1) is 5.92 Å². The van der Waals surface area contributed by atoms with E-state index in [0.717, 1.165) is 6.92 Å². The van der Waals surface area contributed by atoms with Crippen LogP contribution in [-0.2, 0) is 0 Å². The molecule has 6 heteroatoms. The normalized spacial score (nSPS) is 24.7. The lowest BCUT2D eigenvalue weighted by Crippen LogP contribution is -2.38. The van der Waals surface area contributed by atoms with Gasteiger partial charge in [0.1, 0.15) is 0 Å². The topological polar surface area (TPSA) is 0 Å². The van der Waals surface area contributed by atoms with E-state index in [2.05, 4.69) is 0 Å². The van der Waals surface area contributed by atoms with Crippen molar-refractivity contribution >= 4 is 0 Å². The first-order chi connectivity index (χ1) is 5.64. The molecule has 0 saturated carbocycles. The molecular formula is C7H6F6. The summed E-state index contributed by atoms with van der Waals surface area (Å²) in [5.74, 6) is -2.31. The number of halogens is 6. The second kappa shape index (κ2) is 2.65. The summed E-state index contributed by atoms with van der Waals surface area (Å²) in [6, 6.07) is 0. The predicted octanol–water partition coefficient (Wildman–Crippen LogP) is 3.45. The monoisotopic (exact) mass is 204 g/mol. The van der Waals surface area contributed by atoms with Crippen LogP contribution >= 0.6 is 0 Å². The number of alkyl halides is 6. The Bertz CT molecular complexity index is 243. The molecule has 0 heterocycles. The standard InChI is InChI=1S/C7H6F6/c1-3-2-4(6(8,9)10)5(3)7(11,12)13/h4H,2H2,1H3. The number of hydrogen-bond donors (Lipinski definition) is 0. The highest BCUT2D eigenvalue weighted by Crippen LogP contribution is 2.51. The van der Waals surface area contributed by atoms with Crippen LogP contribution in [0.25, 0.3) is 0 Å². The molecule has 13 heavy (non-hydrogen) atoms. The van der Waals surface area contributed by atoms with Crippen molar-refractivity contribution in [1.29, 1.82) is 0 Å². The molecule has 0 N–H and O–H groups in total. The molecule has 0 spiro atoms. The summed E-state index contributed by atoms with van der Waals surface area (Å²) in [6.07, 6.45) is -10.1. The average molecular weight is 204 g/mol. The first kappa shape index (κ1) is 10.4. The number of hydrogen-bond acceptors (Lipinski definition) is 0. The third kappa shape index (κ3) is 1.81. The maximum atomic E-state index is 12.0. The van der Waals surface area contributed by atoms with Gasteiger partial charge < -0.3 is 0 Å². The van der Waals surface area contributed by atoms with Crippen molar-refractivity contribution in [2.24, 2.45) is 5.92 Å². The molecule has 0 aromatic heterocycles. The summed E-state index contributed by atoms with van der Waals surface area (Å²) in [4.78, 5) is 0. The molecule has 0 saturated heterocycles. The van der Waals surface area contributed by atoms with Crippen molar-refractivity contribution in [2.75, 3.05) is 0 Å². The second-order valence-corrected chi connectivity index (χ2v) is 2.99. The highest BCUT2D eigenvalue weighted by molar-refractivity contribution is 5.32. The van der Waals surface area contributed by atoms with Crippen molar-refractivity contribution in [3.8, 4) is 0 Å². The van der Waals surface area contributed by atoms with E-state index in [1.807, 2.05) is 0 Å². The van der Waals surface area contributed by atoms with Crippen molar-refractivity contribution in [1.82, 2.24) is 0 Å². The van der Waals surface area contributed by atoms with Gasteiger partial charge in [0.25, 0.3) is 0 Å². The van der Waals surface area contributed by atoms with Crippen LogP contribution in [-0.4, -0.2) is 12.4 Å². The molecule has 76 valence electrons. The van der Waals surface area contributed by atoms with Gasteiger partial charge in [-0.15, -0.1) is 0 Å². The number of allylic oxidation sites excluding steroid dienone is 2. The molecule has 0 radical (unpaired) electrons. The van der Waals surface area contributed by atoms with E-state index in [4.69, 9.17) is 0 Å². The first-order valence-corrected chi connectivity index (χ1v) is 3.47. The molecule has 0 aliphatic heterocycles. The third-order valence-electron chi connectivity index (χ3n) is 2.02. The van der Waals surface area contributed by atoms with Crippen LogP contribution in [0.2, 0.25) is 0 Å². The predicted molar refractivity (Wildman–Crippen MR) is 32.9 cm³/mol. The third-order valence-corrected chi connectivity index (χ3v) is 2.02. The van der Waals surface area contributed by atoms with Crippen LogP contribution in [0, 0.1) is 5.92 Å². The van der Waals surface area contributed by atoms with Gasteiger partial charge in [-0.3, -0.25) is 0 Å². The second-order valence-electron chi connectivity index (χ2n) is 2.99. The fraction of sp³-hybridized carbons (Fsp3) is 0.714. The smallest absolute Gasteiger partial charge is 0.170 e. The highest BCUT2D eigenvalue weighted by Gasteiger charge is 2.56. The van der Waals surface area contributed by atoms with E-state index in [1.165, 1.54) is 0 Å². The average Bonchev–Trinajstić information content (AvgIpc) is 1.75. The quantitative estimate of drug-likeness (QED) is 0.418. The molecule has 1 aliphatic rings. The Balaban J connectivity index is 2.92. The minimum Gasteiger partial charge on any atom is -0.170 e. The minimum atomic E-state index is -4.84. The molecule has 0 fully saturated rings. The van der Waals surface area contributed by atoms with Crippen LogP contribution in [0.4, 0.5) is 26.3 Å². The molecule has 1 unspecified atom stereocenters. The van der Waals surface area contributed by atoms with Crippen LogP contribution in [0.5, 0.6) is 0 Å². The van der Waals surface area contributed by atoms with Crippen molar-refractivity contribution < 1.29 is 26.3 Å². The maximum Gasteiger partial charge on any atom is 0.413 e. The van der Waals surface area contributed by atoms with Gasteiger partial charge in [-0.25, -0.2) is 0 Å². The lowest BCUT2D eigenvalue weighted by molar-refractivity contribution is -0.194. The lowest BCUT2D eigenvalue weighted by atomic mass is 9.77. The number of rotatable bonds is 0. The zero-order chi connectivity index (χ0) is 10.4. The molecular weight excluding hydrogens is 198 g/mol. The van der Waals surface area contributed by atoms with E-state index in [0.29, 0.717) is 0 Å². The summed E-state index contributed by atoms with van der Waals surface area (Å²) in [7, 11) is 0. The van der Waals surface area contributed by atoms with Crippen molar-refractivity contribution in [2.45, 2.75) is 25.7 Å². The van der Waals surface area contributed by atoms with Gasteiger partial charge in [-0.05, 0) is 13.3 Å². The van der Waals surface area contributed by atoms with Gasteiger partial charge in [-0.1, -0.05) is 5.57 Å². The van der Waals surface area contributed by atoms with Gasteiger partial charge in [-0.2, -0.15) is 26.3 Å². The van der Waals surface area contributed by atoms with E-state index < -0.39 is 30.3 Å². The molecule has 0 nitrogen and oxygen atoms in total. The van der Waals surface area contributed by atoms with Gasteiger partial charge in [0.2, 0.25) is 0 Å². The SMILES string of the molecule is CC1=C(C(F)(F)F)C(C(F)(F)F)C1. The Labute approximate surface area is 70.2 Å². The zero-order valence-electron chi connectivity index (χ0n) is 6.55. The summed E-state index contributed by atoms with van der Waals surface area (Å²) in [6.45, 7) is 1.07. The van der Waals surface area contributed by atoms with E-state index in [-0.39, 0.29) is 5.57 Å². The van der Waals surface area contributed by atoms with E-state index >= 15 is 0 Å². The first-order valence-electron chi connectivity index (χ1n) is 3.47. The van der Waals surface area contributed by atoms with Crippen molar-refractivity contribution in [3.05, 3.63) is 11.1 Å². The molecule has 0 aromatic rings. The Morgan fingerprint density at radius 1 is 1.08 bits per heavy atom. The largest absolute Gasteiger partial charge is 0.413 e. The van der Waals surface area contributed by atoms with Crippen LogP contribution in [0.1, 0.15) is 13.3 Å². The van der Waals surface area contributed by atoms with Gasteiger partial charge in [0, 0.05) is 5.57 Å². The van der Waals surface area contributed by atoms with Crippen LogP contribution in [0.3, 0.4) is 0 Å². The van der Waals surface area contributed by atoms with E-state index in [9.17, 15) is 26.3 Å². The van der Waals surface area contributed by atoms with Gasteiger partial charge >= 0.3 is 12.4 Å². The highest BCUT2D eigenvalue weighted by atomic mass is 19.4. The fourth-order valence-electron chi connectivity index (χ4n) is 1.40. The van der Waals surface area contributed by atoms with Crippen LogP contribution < -0.4 is 0 Å². The summed E-state index contributed by atoms with van der Waals surface area (Å²) >= 11 is 0. The van der Waals surface area contributed by atoms with Crippen molar-refractivity contribution in [3.63, 3.8) is 0 Å². The van der Waals surface area contributed by atoms with Gasteiger partial charge in [0.15, 0.2) is 0 Å². The Hall–Kier alpha value is -0.680. The molecule has 0 bridgehead atoms. The molecule has 1 aliphatic carbocycles. The Morgan fingerprint density at radius 2 is 1.54 bits per heavy atom. The van der Waals surface area contributed by atoms with E-state index in [1.54, 1.807) is 0 Å². The molecule has 0 aromatic carbocycles. The fourth-order valence-corrected chi connectivity index (χ4v) is 1.40. The molecule has 0 amide bonds. The Kier molecular flexibility index (Phi) is 2.12. The molecule has 1 rings (SSSR count). The molecule has 1 atom stereocenters. The minimum absolute atomic E-state index is 0.213. The lowest BCUT2D eigenvalue weighted by Gasteiger charge is -2.34.